The van der Waals surface area contributed by atoms with Gasteiger partial charge in [0.2, 0.25) is 11.8 Å². The van der Waals surface area contributed by atoms with Gasteiger partial charge in [0.25, 0.3) is 5.91 Å². The van der Waals surface area contributed by atoms with Gasteiger partial charge in [0.05, 0.1) is 25.9 Å². The van der Waals surface area contributed by atoms with Crippen molar-refractivity contribution in [2.75, 3.05) is 31.8 Å². The average molecular weight is 660 g/mol. The van der Waals surface area contributed by atoms with E-state index >= 15 is 0 Å². The number of fused-ring (bicyclic) bond motifs is 2. The number of anilines is 1. The molecule has 4 rings (SSSR count). The van der Waals surface area contributed by atoms with E-state index in [0.717, 1.165) is 36.9 Å². The molecule has 3 amide bonds. The average Bonchev–Trinajstić information content (AvgIpc) is 3.35. The summed E-state index contributed by atoms with van der Waals surface area (Å²) in [5.74, 6) is -1.18. The quantitative estimate of drug-likeness (QED) is 0.142. The lowest BCUT2D eigenvalue weighted by Gasteiger charge is -2.38. The normalized spacial score (nSPS) is 22.4. The van der Waals surface area contributed by atoms with Gasteiger partial charge in [-0.1, -0.05) is 89.8 Å². The molecule has 3 unspecified atom stereocenters. The Hall–Kier alpha value is -3.37. The van der Waals surface area contributed by atoms with E-state index in [9.17, 15) is 19.2 Å². The van der Waals surface area contributed by atoms with E-state index in [0.29, 0.717) is 30.9 Å². The van der Waals surface area contributed by atoms with Crippen LogP contribution in [0.4, 0.5) is 5.69 Å². The van der Waals surface area contributed by atoms with Gasteiger partial charge in [0, 0.05) is 31.0 Å². The molecule has 0 saturated carbocycles. The van der Waals surface area contributed by atoms with Gasteiger partial charge in [0.15, 0.2) is 0 Å². The molecule has 46 heavy (non-hydrogen) atoms. The van der Waals surface area contributed by atoms with Gasteiger partial charge in [-0.25, -0.2) is 5.06 Å². The highest BCUT2D eigenvalue weighted by molar-refractivity contribution is 6.23. The van der Waals surface area contributed by atoms with Crippen LogP contribution in [-0.2, 0) is 24.0 Å². The zero-order chi connectivity index (χ0) is 34.1. The minimum atomic E-state index is -0.616. The van der Waals surface area contributed by atoms with E-state index in [-0.39, 0.29) is 24.7 Å². The minimum absolute atomic E-state index is 0.0567. The van der Waals surface area contributed by atoms with Crippen LogP contribution in [0.3, 0.4) is 0 Å². The third kappa shape index (κ3) is 11.5. The predicted octanol–water partition coefficient (Wildman–Crippen LogP) is 5.68. The Bertz CT molecular complexity index is 1200. The molecule has 0 aromatic heterocycles. The lowest BCUT2D eigenvalue weighted by atomic mass is 9.99. The van der Waals surface area contributed by atoms with Crippen LogP contribution in [0.2, 0.25) is 0 Å². The highest BCUT2D eigenvalue weighted by Crippen LogP contribution is 2.43. The number of carbonyl (C=O) groups is 4. The van der Waals surface area contributed by atoms with E-state index in [4.69, 9.17) is 16.4 Å². The molecule has 3 N–H and O–H groups in total. The Labute approximate surface area is 280 Å². The zero-order valence-electron chi connectivity index (χ0n) is 28.3. The summed E-state index contributed by atoms with van der Waals surface area (Å²) in [5.41, 5.74) is 1.75. The largest absolute Gasteiger partial charge is 0.362 e. The number of Topliss-reactive ketones (excluding diaryl/α,β-unsaturated/α-hetero) is 1. The summed E-state index contributed by atoms with van der Waals surface area (Å²) in [6.07, 6.45) is 11.8. The highest BCUT2D eigenvalue weighted by Gasteiger charge is 2.38. The Morgan fingerprint density at radius 1 is 1.02 bits per heavy atom. The maximum atomic E-state index is 13.1. The first kappa shape index (κ1) is 38.8. The first-order valence-corrected chi connectivity index (χ1v) is 17.2. The Balaban J connectivity index is 0.000000479. The summed E-state index contributed by atoms with van der Waals surface area (Å²) in [4.78, 5) is 56.4. The van der Waals surface area contributed by atoms with Crippen LogP contribution in [-0.4, -0.2) is 66.7 Å². The molecule has 1 aromatic carbocycles. The first-order chi connectivity index (χ1) is 22.1. The number of carbonyl (C=O) groups excluding carboxylic acids is 4. The van der Waals surface area contributed by atoms with Crippen molar-refractivity contribution in [3.05, 3.63) is 53.9 Å². The number of hydrogen-bond donors (Lipinski definition) is 3. The molecule has 0 bridgehead atoms. The van der Waals surface area contributed by atoms with Crippen molar-refractivity contribution < 1.29 is 24.0 Å². The lowest BCUT2D eigenvalue weighted by molar-refractivity contribution is -0.130. The monoisotopic (exact) mass is 659 g/mol. The van der Waals surface area contributed by atoms with Crippen molar-refractivity contribution in [1.29, 1.82) is 0 Å². The Kier molecular flexibility index (Phi) is 17.5. The van der Waals surface area contributed by atoms with Crippen molar-refractivity contribution in [3.8, 4) is 0 Å². The number of nitrogens with one attached hydrogen (secondary N) is 3. The van der Waals surface area contributed by atoms with E-state index < -0.39 is 29.3 Å². The van der Waals surface area contributed by atoms with Gasteiger partial charge < -0.3 is 20.9 Å². The molecule has 2 saturated heterocycles. The molecule has 256 valence electrons. The Morgan fingerprint density at radius 2 is 1.74 bits per heavy atom. The van der Waals surface area contributed by atoms with Crippen molar-refractivity contribution in [3.63, 3.8) is 0 Å². The van der Waals surface area contributed by atoms with Crippen LogP contribution in [0.25, 0.3) is 0 Å². The molecule has 3 aliphatic rings. The van der Waals surface area contributed by atoms with E-state index in [1.165, 1.54) is 32.8 Å². The van der Waals surface area contributed by atoms with Gasteiger partial charge in [0.1, 0.15) is 23.0 Å². The number of halogens is 1. The second-order valence-electron chi connectivity index (χ2n) is 11.6. The third-order valence-corrected chi connectivity index (χ3v) is 8.61. The smallest absolute Gasteiger partial charge is 0.267 e. The molecular weight excluding hydrogens is 606 g/mol. The van der Waals surface area contributed by atoms with Crippen LogP contribution >= 0.6 is 11.6 Å². The van der Waals surface area contributed by atoms with Crippen molar-refractivity contribution in [2.45, 2.75) is 109 Å². The number of hydrogen-bond acceptors (Lipinski definition) is 7. The molecule has 0 radical (unpaired) electrons. The molecule has 3 aliphatic heterocycles. The minimum Gasteiger partial charge on any atom is -0.362 e. The molecule has 0 aliphatic carbocycles. The number of alkyl halides is 1. The second-order valence-corrected chi connectivity index (χ2v) is 12.1. The summed E-state index contributed by atoms with van der Waals surface area (Å²) in [6.45, 7) is 13.1. The molecule has 2 fully saturated rings. The summed E-state index contributed by atoms with van der Waals surface area (Å²) in [5, 5.41) is 9.72. The molecule has 1 aromatic rings. The van der Waals surface area contributed by atoms with E-state index in [1.54, 1.807) is 11.1 Å². The fourth-order valence-electron chi connectivity index (χ4n) is 5.31. The SMILES string of the molecule is C=C1CNC(=O)/C(=C/C2c3ccccc3N(OC)C2Cl)NC(=O)CNC(=O)C2CCCCN12.CCCC.CCCCCC(=O)CC. The summed E-state index contributed by atoms with van der Waals surface area (Å²) in [7, 11) is 1.52. The van der Waals surface area contributed by atoms with Gasteiger partial charge in [-0.15, -0.1) is 0 Å². The van der Waals surface area contributed by atoms with Crippen LogP contribution < -0.4 is 21.0 Å². The first-order valence-electron chi connectivity index (χ1n) is 16.7. The van der Waals surface area contributed by atoms with Crippen molar-refractivity contribution in [2.24, 2.45) is 0 Å². The number of rotatable bonds is 8. The van der Waals surface area contributed by atoms with E-state index in [2.05, 4.69) is 43.3 Å². The lowest BCUT2D eigenvalue weighted by Crippen LogP contribution is -2.53. The van der Waals surface area contributed by atoms with Crippen LogP contribution in [0.15, 0.2) is 48.3 Å². The molecule has 10 nitrogen and oxygen atoms in total. The van der Waals surface area contributed by atoms with Crippen LogP contribution in [0, 0.1) is 0 Å². The van der Waals surface area contributed by atoms with Gasteiger partial charge >= 0.3 is 0 Å². The van der Waals surface area contributed by atoms with E-state index in [1.807, 2.05) is 36.1 Å². The molecular formula is C35H54ClN5O5. The molecule has 0 spiro atoms. The van der Waals surface area contributed by atoms with Crippen LogP contribution in [0.1, 0.15) is 103 Å². The van der Waals surface area contributed by atoms with Crippen LogP contribution in [0.5, 0.6) is 0 Å². The number of para-hydroxylation sites is 1. The van der Waals surface area contributed by atoms with Gasteiger partial charge in [-0.3, -0.25) is 24.0 Å². The standard InChI is InChI=1S/C23H28ClN5O4.C8H16O.C4H10/c1-14-12-25-22(31)17(11-16-15-7-3-4-8-18(15)29(33-2)21(16)24)27-20(30)13-26-23(32)19-9-5-6-10-28(14)19;1-3-5-6-7-8(9)4-2;1-3-4-2/h3-4,7-8,11,16,19,21H,1,5-6,9-10,12-13H2,2H3,(H,25,31)(H,26,32)(H,27,30);3-7H2,1-2H3;3-4H2,1-2H3/b17-11-;;. The van der Waals surface area contributed by atoms with Gasteiger partial charge in [-0.05, 0) is 43.4 Å². The number of benzene rings is 1. The Morgan fingerprint density at radius 3 is 2.39 bits per heavy atom. The molecule has 3 heterocycles. The molecule has 3 atom stereocenters. The van der Waals surface area contributed by atoms with Crippen molar-refractivity contribution in [1.82, 2.24) is 20.9 Å². The topological polar surface area (TPSA) is 120 Å². The van der Waals surface area contributed by atoms with Crippen molar-refractivity contribution >= 4 is 40.8 Å². The second kappa shape index (κ2) is 20.7. The number of amides is 3. The number of ketones is 1. The fraction of sp³-hybridized carbons (Fsp3) is 0.600. The summed E-state index contributed by atoms with van der Waals surface area (Å²) >= 11 is 6.64. The third-order valence-electron chi connectivity index (χ3n) is 8.16. The number of unbranched alkanes of at least 4 members (excludes halogenated alkanes) is 3. The predicted molar refractivity (Wildman–Crippen MR) is 184 cm³/mol. The number of hydroxylamine groups is 1. The maximum absolute atomic E-state index is 13.1. The maximum Gasteiger partial charge on any atom is 0.267 e. The molecule has 11 heteroatoms. The number of nitrogens with zero attached hydrogens (tertiary/aromatic N) is 2. The van der Waals surface area contributed by atoms with Gasteiger partial charge in [-0.2, -0.15) is 0 Å². The highest BCUT2D eigenvalue weighted by atomic mass is 35.5. The number of piperidine rings is 1. The summed E-state index contributed by atoms with van der Waals surface area (Å²) < 4.78 is 0. The zero-order valence-corrected chi connectivity index (χ0v) is 29.1. The summed E-state index contributed by atoms with van der Waals surface area (Å²) in [6, 6.07) is 7.13. The fourth-order valence-corrected chi connectivity index (χ4v) is 5.70.